The van der Waals surface area contributed by atoms with Crippen molar-refractivity contribution in [2.75, 3.05) is 19.7 Å². The van der Waals surface area contributed by atoms with Crippen LogP contribution < -0.4 is 5.32 Å². The largest absolute Gasteiger partial charge is 0.395 e. The van der Waals surface area contributed by atoms with E-state index in [0.29, 0.717) is 12.6 Å². The molecule has 0 bridgehead atoms. The zero-order chi connectivity index (χ0) is 14.7. The van der Waals surface area contributed by atoms with E-state index in [-0.39, 0.29) is 0 Å². The zero-order valence-electron chi connectivity index (χ0n) is 12.9. The number of likely N-dealkylation sites (tertiary alicyclic amines) is 1. The number of benzene rings is 1. The van der Waals surface area contributed by atoms with E-state index in [4.69, 9.17) is 0 Å². The highest BCUT2D eigenvalue weighted by molar-refractivity contribution is 5.62. The molecule has 1 fully saturated rings. The van der Waals surface area contributed by atoms with E-state index in [0.717, 1.165) is 32.5 Å². The number of aliphatic hydroxyl groups excluding tert-OH is 1. The highest BCUT2D eigenvalue weighted by Gasteiger charge is 2.21. The van der Waals surface area contributed by atoms with Crippen LogP contribution in [-0.4, -0.2) is 35.7 Å². The highest BCUT2D eigenvalue weighted by atomic mass is 16.3. The number of rotatable bonds is 4. The second-order valence-corrected chi connectivity index (χ2v) is 6.29. The van der Waals surface area contributed by atoms with E-state index in [2.05, 4.69) is 41.4 Å². The molecule has 1 saturated heterocycles. The lowest BCUT2D eigenvalue weighted by atomic mass is 9.97. The van der Waals surface area contributed by atoms with E-state index in [1.165, 1.54) is 35.2 Å². The van der Waals surface area contributed by atoms with Crippen LogP contribution in [0.2, 0.25) is 0 Å². The van der Waals surface area contributed by atoms with Crippen molar-refractivity contribution in [2.24, 2.45) is 0 Å². The lowest BCUT2D eigenvalue weighted by Gasteiger charge is -2.35. The summed E-state index contributed by atoms with van der Waals surface area (Å²) in [5, 5.41) is 13.0. The first-order valence-electron chi connectivity index (χ1n) is 8.16. The molecule has 2 aliphatic rings. The molecule has 2 aliphatic heterocycles. The molecule has 0 radical (unpaired) electrons. The lowest BCUT2D eigenvalue weighted by Crippen LogP contribution is -2.42. The molecule has 3 heteroatoms. The molecule has 0 aromatic heterocycles. The maximum Gasteiger partial charge on any atom is 0.0586 e. The summed E-state index contributed by atoms with van der Waals surface area (Å²) < 4.78 is 0. The summed E-state index contributed by atoms with van der Waals surface area (Å²) in [6.07, 6.45) is 7.03. The number of nitrogens with zero attached hydrogens (tertiary/aromatic N) is 1. The Balaban J connectivity index is 1.65. The van der Waals surface area contributed by atoms with Gasteiger partial charge in [-0.05, 0) is 55.5 Å². The monoisotopic (exact) mass is 286 g/mol. The Morgan fingerprint density at radius 2 is 2.24 bits per heavy atom. The number of piperidine rings is 1. The molecule has 3 nitrogen and oxygen atoms in total. The average molecular weight is 286 g/mol. The Morgan fingerprint density at radius 1 is 1.33 bits per heavy atom. The maximum atomic E-state index is 9.49. The molecule has 0 aliphatic carbocycles. The van der Waals surface area contributed by atoms with Crippen LogP contribution in [0, 0.1) is 6.92 Å². The van der Waals surface area contributed by atoms with Gasteiger partial charge in [0, 0.05) is 24.8 Å². The molecule has 2 heterocycles. The van der Waals surface area contributed by atoms with E-state index >= 15 is 0 Å². The van der Waals surface area contributed by atoms with Crippen molar-refractivity contribution >= 4 is 6.08 Å². The van der Waals surface area contributed by atoms with Crippen molar-refractivity contribution in [2.45, 2.75) is 45.2 Å². The van der Waals surface area contributed by atoms with Crippen LogP contribution in [0.5, 0.6) is 0 Å². The fourth-order valence-corrected chi connectivity index (χ4v) is 3.52. The molecular weight excluding hydrogens is 260 g/mol. The first kappa shape index (κ1) is 14.6. The van der Waals surface area contributed by atoms with Gasteiger partial charge in [0.2, 0.25) is 0 Å². The molecule has 1 aromatic carbocycles. The first-order valence-corrected chi connectivity index (χ1v) is 8.16. The smallest absolute Gasteiger partial charge is 0.0586 e. The fraction of sp³-hybridized carbons (Fsp3) is 0.556. The molecule has 1 unspecified atom stereocenters. The Hall–Kier alpha value is -1.32. The second-order valence-electron chi connectivity index (χ2n) is 6.29. The van der Waals surface area contributed by atoms with Crippen molar-refractivity contribution in [3.05, 3.63) is 40.6 Å². The van der Waals surface area contributed by atoms with Gasteiger partial charge in [-0.3, -0.25) is 4.90 Å². The topological polar surface area (TPSA) is 35.5 Å². The Bertz CT molecular complexity index is 524. The van der Waals surface area contributed by atoms with Crippen LogP contribution in [0.1, 0.15) is 42.4 Å². The number of hydrogen-bond acceptors (Lipinski definition) is 3. The summed E-state index contributed by atoms with van der Waals surface area (Å²) in [5.74, 6) is 0. The predicted octanol–water partition coefficient (Wildman–Crippen LogP) is 2.68. The van der Waals surface area contributed by atoms with Crippen LogP contribution >= 0.6 is 0 Å². The number of nitrogens with one attached hydrogen (secondary N) is 1. The van der Waals surface area contributed by atoms with Gasteiger partial charge in [-0.25, -0.2) is 0 Å². The third kappa shape index (κ3) is 3.30. The minimum atomic E-state index is 0.300. The molecule has 3 rings (SSSR count). The highest BCUT2D eigenvalue weighted by Crippen LogP contribution is 2.23. The van der Waals surface area contributed by atoms with Gasteiger partial charge in [0.25, 0.3) is 0 Å². The van der Waals surface area contributed by atoms with Crippen LogP contribution in [0.15, 0.2) is 23.9 Å². The quantitative estimate of drug-likeness (QED) is 0.893. The SMILES string of the molecule is Cc1cccc2c1C=C(CCN1CCCCC1CO)NC2. The number of aliphatic hydroxyl groups is 1. The van der Waals surface area contributed by atoms with Crippen LogP contribution in [0.4, 0.5) is 0 Å². The van der Waals surface area contributed by atoms with E-state index in [1.807, 2.05) is 0 Å². The van der Waals surface area contributed by atoms with Gasteiger partial charge >= 0.3 is 0 Å². The zero-order valence-corrected chi connectivity index (χ0v) is 12.9. The van der Waals surface area contributed by atoms with Crippen molar-refractivity contribution in [1.29, 1.82) is 0 Å². The number of aryl methyl sites for hydroxylation is 1. The summed E-state index contributed by atoms with van der Waals surface area (Å²) in [5.41, 5.74) is 5.48. The normalized spacial score (nSPS) is 22.4. The number of fused-ring (bicyclic) bond motifs is 1. The molecular formula is C18H26N2O. The van der Waals surface area contributed by atoms with Crippen molar-refractivity contribution in [1.82, 2.24) is 10.2 Å². The van der Waals surface area contributed by atoms with Crippen LogP contribution in [0.25, 0.3) is 6.08 Å². The van der Waals surface area contributed by atoms with Crippen LogP contribution in [-0.2, 0) is 6.54 Å². The summed E-state index contributed by atoms with van der Waals surface area (Å²) in [6.45, 7) is 5.60. The van der Waals surface area contributed by atoms with Gasteiger partial charge in [0.1, 0.15) is 0 Å². The van der Waals surface area contributed by atoms with Gasteiger partial charge in [0.05, 0.1) is 6.61 Å². The Kier molecular flexibility index (Phi) is 4.61. The molecule has 21 heavy (non-hydrogen) atoms. The Morgan fingerprint density at radius 3 is 3.10 bits per heavy atom. The van der Waals surface area contributed by atoms with Gasteiger partial charge in [-0.15, -0.1) is 0 Å². The third-order valence-electron chi connectivity index (χ3n) is 4.87. The summed E-state index contributed by atoms with van der Waals surface area (Å²) in [6, 6.07) is 6.89. The van der Waals surface area contributed by atoms with Crippen molar-refractivity contribution < 1.29 is 5.11 Å². The second kappa shape index (κ2) is 6.63. The van der Waals surface area contributed by atoms with Gasteiger partial charge in [-0.1, -0.05) is 24.6 Å². The van der Waals surface area contributed by atoms with Crippen molar-refractivity contribution in [3.8, 4) is 0 Å². The summed E-state index contributed by atoms with van der Waals surface area (Å²) in [7, 11) is 0. The molecule has 1 aromatic rings. The summed E-state index contributed by atoms with van der Waals surface area (Å²) in [4.78, 5) is 2.46. The lowest BCUT2D eigenvalue weighted by molar-refractivity contribution is 0.0910. The van der Waals surface area contributed by atoms with Crippen LogP contribution in [0.3, 0.4) is 0 Å². The van der Waals surface area contributed by atoms with E-state index in [9.17, 15) is 5.11 Å². The summed E-state index contributed by atoms with van der Waals surface area (Å²) >= 11 is 0. The third-order valence-corrected chi connectivity index (χ3v) is 4.87. The molecule has 0 saturated carbocycles. The van der Waals surface area contributed by atoms with Crippen molar-refractivity contribution in [3.63, 3.8) is 0 Å². The minimum absolute atomic E-state index is 0.300. The molecule has 114 valence electrons. The van der Waals surface area contributed by atoms with E-state index < -0.39 is 0 Å². The molecule has 1 atom stereocenters. The standard InChI is InChI=1S/C18H26N2O/c1-14-5-4-6-15-12-19-16(11-18(14)15)8-10-20-9-3-2-7-17(20)13-21/h4-6,11,17,19,21H,2-3,7-10,12-13H2,1H3. The van der Waals surface area contributed by atoms with E-state index in [1.54, 1.807) is 0 Å². The first-order chi connectivity index (χ1) is 10.3. The van der Waals surface area contributed by atoms with Gasteiger partial charge in [0.15, 0.2) is 0 Å². The minimum Gasteiger partial charge on any atom is -0.395 e. The number of hydrogen-bond donors (Lipinski definition) is 2. The molecule has 2 N–H and O–H groups in total. The maximum absolute atomic E-state index is 9.49. The van der Waals surface area contributed by atoms with Gasteiger partial charge < -0.3 is 10.4 Å². The Labute approximate surface area is 127 Å². The average Bonchev–Trinajstić information content (AvgIpc) is 2.54. The predicted molar refractivity (Wildman–Crippen MR) is 86.9 cm³/mol. The fourth-order valence-electron chi connectivity index (χ4n) is 3.52. The molecule has 0 spiro atoms. The molecule has 0 amide bonds. The van der Waals surface area contributed by atoms with Gasteiger partial charge in [-0.2, -0.15) is 0 Å².